The van der Waals surface area contributed by atoms with E-state index < -0.39 is 0 Å². The summed E-state index contributed by atoms with van der Waals surface area (Å²) in [6, 6.07) is 13.2. The van der Waals surface area contributed by atoms with Gasteiger partial charge in [0.05, 0.1) is 16.6 Å². The van der Waals surface area contributed by atoms with Gasteiger partial charge in [0.1, 0.15) is 10.8 Å². The number of rotatable bonds is 2. The zero-order chi connectivity index (χ0) is 17.0. The molecule has 0 bridgehead atoms. The lowest BCUT2D eigenvalue weighted by Crippen LogP contribution is -1.97. The van der Waals surface area contributed by atoms with Gasteiger partial charge in [0.25, 0.3) is 0 Å². The Morgan fingerprint density at radius 1 is 1.12 bits per heavy atom. The number of hydrogen-bond acceptors (Lipinski definition) is 5. The van der Waals surface area contributed by atoms with Crippen LogP contribution in [0.5, 0.6) is 23.1 Å². The minimum absolute atomic E-state index is 0.219. The van der Waals surface area contributed by atoms with Crippen molar-refractivity contribution in [2.45, 2.75) is 6.92 Å². The molecule has 0 fully saturated rings. The molecule has 5 rings (SSSR count). The van der Waals surface area contributed by atoms with E-state index in [1.807, 2.05) is 43.3 Å². The average Bonchev–Trinajstić information content (AvgIpc) is 3.21. The number of ether oxygens (including phenoxy) is 3. The van der Waals surface area contributed by atoms with Gasteiger partial charge in [-0.15, -0.1) is 0 Å². The van der Waals surface area contributed by atoms with E-state index in [4.69, 9.17) is 25.8 Å². The molecule has 0 saturated heterocycles. The summed E-state index contributed by atoms with van der Waals surface area (Å²) in [6.45, 7) is 2.07. The van der Waals surface area contributed by atoms with Crippen LogP contribution >= 0.6 is 11.6 Å². The second-order valence-electron chi connectivity index (χ2n) is 5.69. The van der Waals surface area contributed by atoms with Gasteiger partial charge in [-0.05, 0) is 31.2 Å². The van der Waals surface area contributed by atoms with Crippen molar-refractivity contribution in [3.8, 4) is 23.1 Å². The molecule has 0 amide bonds. The van der Waals surface area contributed by atoms with E-state index in [0.717, 1.165) is 16.6 Å². The molecule has 6 nitrogen and oxygen atoms in total. The van der Waals surface area contributed by atoms with Crippen molar-refractivity contribution in [1.29, 1.82) is 0 Å². The molecule has 0 saturated carbocycles. The van der Waals surface area contributed by atoms with Gasteiger partial charge in [0.15, 0.2) is 17.1 Å². The molecule has 0 radical (unpaired) electrons. The highest BCUT2D eigenvalue weighted by atomic mass is 35.5. The Labute approximate surface area is 147 Å². The van der Waals surface area contributed by atoms with Crippen molar-refractivity contribution < 1.29 is 14.2 Å². The van der Waals surface area contributed by atoms with Crippen LogP contribution in [-0.4, -0.2) is 21.4 Å². The predicted molar refractivity (Wildman–Crippen MR) is 92.9 cm³/mol. The lowest BCUT2D eigenvalue weighted by molar-refractivity contribution is 0.174. The summed E-state index contributed by atoms with van der Waals surface area (Å²) < 4.78 is 18.5. The van der Waals surface area contributed by atoms with Crippen molar-refractivity contribution in [2.24, 2.45) is 0 Å². The molecule has 7 heteroatoms. The lowest BCUT2D eigenvalue weighted by Gasteiger charge is -2.10. The van der Waals surface area contributed by atoms with E-state index >= 15 is 0 Å². The fourth-order valence-electron chi connectivity index (χ4n) is 2.89. The third-order valence-electron chi connectivity index (χ3n) is 4.09. The number of aryl methyl sites for hydroxylation is 1. The van der Waals surface area contributed by atoms with Crippen LogP contribution in [0.1, 0.15) is 5.69 Å². The standard InChI is InChI=1S/C18H12ClN3O3/c1-10-16(19)17-20-18(12-4-2-3-5-13(12)22(17)21-10)25-11-6-7-14-15(8-11)24-9-23-14/h2-8H,9H2,1H3. The largest absolute Gasteiger partial charge is 0.454 e. The fourth-order valence-corrected chi connectivity index (χ4v) is 3.05. The maximum absolute atomic E-state index is 6.36. The Hall–Kier alpha value is -2.99. The number of para-hydroxylation sites is 1. The first kappa shape index (κ1) is 14.4. The Morgan fingerprint density at radius 2 is 1.96 bits per heavy atom. The summed E-state index contributed by atoms with van der Waals surface area (Å²) in [7, 11) is 0. The number of aromatic nitrogens is 3. The van der Waals surface area contributed by atoms with E-state index in [0.29, 0.717) is 33.8 Å². The van der Waals surface area contributed by atoms with Gasteiger partial charge in [-0.25, -0.2) is 4.52 Å². The van der Waals surface area contributed by atoms with Gasteiger partial charge < -0.3 is 14.2 Å². The topological polar surface area (TPSA) is 57.9 Å². The number of halogens is 1. The van der Waals surface area contributed by atoms with Crippen molar-refractivity contribution in [3.63, 3.8) is 0 Å². The second-order valence-corrected chi connectivity index (χ2v) is 6.06. The summed E-state index contributed by atoms with van der Waals surface area (Å²) in [4.78, 5) is 4.59. The molecule has 0 unspecified atom stereocenters. The van der Waals surface area contributed by atoms with E-state index in [9.17, 15) is 0 Å². The van der Waals surface area contributed by atoms with Gasteiger partial charge >= 0.3 is 0 Å². The summed E-state index contributed by atoms with van der Waals surface area (Å²) in [5.74, 6) is 2.43. The number of hydrogen-bond donors (Lipinski definition) is 0. The monoisotopic (exact) mass is 353 g/mol. The minimum Gasteiger partial charge on any atom is -0.454 e. The summed E-state index contributed by atoms with van der Waals surface area (Å²) in [6.07, 6.45) is 0. The van der Waals surface area contributed by atoms with Crippen LogP contribution in [0.2, 0.25) is 5.02 Å². The van der Waals surface area contributed by atoms with Crippen LogP contribution in [0.25, 0.3) is 16.6 Å². The molecule has 3 heterocycles. The average molecular weight is 354 g/mol. The number of fused-ring (bicyclic) bond motifs is 4. The van der Waals surface area contributed by atoms with E-state index in [1.165, 1.54) is 0 Å². The molecule has 0 atom stereocenters. The zero-order valence-electron chi connectivity index (χ0n) is 13.2. The highest BCUT2D eigenvalue weighted by molar-refractivity contribution is 6.34. The molecule has 124 valence electrons. The summed E-state index contributed by atoms with van der Waals surface area (Å²) in [5.41, 5.74) is 2.16. The second kappa shape index (κ2) is 5.26. The predicted octanol–water partition coefficient (Wildman–Crippen LogP) is 4.37. The van der Waals surface area contributed by atoms with Gasteiger partial charge in [-0.3, -0.25) is 0 Å². The molecular weight excluding hydrogens is 342 g/mol. The van der Waals surface area contributed by atoms with Gasteiger partial charge in [-0.2, -0.15) is 10.1 Å². The summed E-state index contributed by atoms with van der Waals surface area (Å²) in [5, 5.41) is 5.82. The van der Waals surface area contributed by atoms with E-state index in [2.05, 4.69) is 10.1 Å². The van der Waals surface area contributed by atoms with Gasteiger partial charge in [0.2, 0.25) is 12.7 Å². The molecule has 2 aromatic heterocycles. The fraction of sp³-hybridized carbons (Fsp3) is 0.111. The molecule has 4 aromatic rings. The van der Waals surface area contributed by atoms with Crippen LogP contribution < -0.4 is 14.2 Å². The molecule has 0 spiro atoms. The van der Waals surface area contributed by atoms with Crippen molar-refractivity contribution >= 4 is 28.2 Å². The van der Waals surface area contributed by atoms with Crippen LogP contribution in [0.3, 0.4) is 0 Å². The highest BCUT2D eigenvalue weighted by Crippen LogP contribution is 2.38. The quantitative estimate of drug-likeness (QED) is 0.535. The van der Waals surface area contributed by atoms with Crippen molar-refractivity contribution in [3.05, 3.63) is 53.2 Å². The lowest BCUT2D eigenvalue weighted by atomic mass is 10.2. The maximum atomic E-state index is 6.36. The Morgan fingerprint density at radius 3 is 2.88 bits per heavy atom. The molecule has 0 aliphatic carbocycles. The molecule has 1 aliphatic heterocycles. The van der Waals surface area contributed by atoms with E-state index in [1.54, 1.807) is 10.6 Å². The number of nitrogens with zero attached hydrogens (tertiary/aromatic N) is 3. The normalized spacial score (nSPS) is 12.9. The minimum atomic E-state index is 0.219. The SMILES string of the molecule is Cc1nn2c(nc(Oc3ccc4c(c3)OCO4)c3ccccc32)c1Cl. The van der Waals surface area contributed by atoms with Crippen LogP contribution in [-0.2, 0) is 0 Å². The molecule has 1 aliphatic rings. The third kappa shape index (κ3) is 2.18. The van der Waals surface area contributed by atoms with Crippen molar-refractivity contribution in [1.82, 2.24) is 14.6 Å². The van der Waals surface area contributed by atoms with E-state index in [-0.39, 0.29) is 6.79 Å². The van der Waals surface area contributed by atoms with Crippen LogP contribution in [0.4, 0.5) is 0 Å². The first-order chi connectivity index (χ1) is 12.2. The van der Waals surface area contributed by atoms with Crippen molar-refractivity contribution in [2.75, 3.05) is 6.79 Å². The third-order valence-corrected chi connectivity index (χ3v) is 4.54. The first-order valence-corrected chi connectivity index (χ1v) is 8.09. The van der Waals surface area contributed by atoms with Crippen LogP contribution in [0.15, 0.2) is 42.5 Å². The van der Waals surface area contributed by atoms with Gasteiger partial charge in [-0.1, -0.05) is 23.7 Å². The van der Waals surface area contributed by atoms with Gasteiger partial charge in [0, 0.05) is 6.07 Å². The summed E-state index contributed by atoms with van der Waals surface area (Å²) >= 11 is 6.36. The highest BCUT2D eigenvalue weighted by Gasteiger charge is 2.18. The molecular formula is C18H12ClN3O3. The Bertz CT molecular complexity index is 1140. The molecule has 0 N–H and O–H groups in total. The Kier molecular flexibility index (Phi) is 3.02. The molecule has 25 heavy (non-hydrogen) atoms. The molecule has 2 aromatic carbocycles. The first-order valence-electron chi connectivity index (χ1n) is 7.72. The Balaban J connectivity index is 1.70. The maximum Gasteiger partial charge on any atom is 0.231 e. The van der Waals surface area contributed by atoms with Crippen LogP contribution in [0, 0.1) is 6.92 Å². The number of benzene rings is 2. The smallest absolute Gasteiger partial charge is 0.231 e. The zero-order valence-corrected chi connectivity index (χ0v) is 13.9.